The summed E-state index contributed by atoms with van der Waals surface area (Å²) in [5.74, 6) is -2.31. The molecule has 3 N–H and O–H groups in total. The number of aromatic nitrogens is 2. The molecule has 0 radical (unpaired) electrons. The number of alkyl halides is 5. The van der Waals surface area contributed by atoms with Crippen LogP contribution >= 0.6 is 0 Å². The second kappa shape index (κ2) is 6.03. The highest BCUT2D eigenvalue weighted by molar-refractivity contribution is 5.63. The number of hydrogen-bond donors (Lipinski definition) is 2. The van der Waals surface area contributed by atoms with E-state index in [0.29, 0.717) is 12.1 Å². The summed E-state index contributed by atoms with van der Waals surface area (Å²) in [7, 11) is 0. The average Bonchev–Trinajstić information content (AvgIpc) is 2.45. The van der Waals surface area contributed by atoms with Gasteiger partial charge in [-0.2, -0.15) is 13.2 Å². The van der Waals surface area contributed by atoms with Crippen molar-refractivity contribution < 1.29 is 26.3 Å². The number of benzene rings is 1. The minimum atomic E-state index is -4.98. The van der Waals surface area contributed by atoms with Crippen molar-refractivity contribution in [3.8, 4) is 11.4 Å². The minimum absolute atomic E-state index is 0.280. The number of halogens is 6. The Morgan fingerprint density at radius 1 is 1.26 bits per heavy atom. The van der Waals surface area contributed by atoms with E-state index in [1.807, 2.05) is 4.98 Å². The minimum Gasteiger partial charge on any atom is -0.326 e. The molecular weight excluding hydrogens is 328 g/mol. The van der Waals surface area contributed by atoms with Crippen LogP contribution in [-0.4, -0.2) is 9.97 Å². The zero-order valence-electron chi connectivity index (χ0n) is 11.2. The van der Waals surface area contributed by atoms with Gasteiger partial charge in [0.2, 0.25) is 0 Å². The molecule has 2 aromatic rings. The van der Waals surface area contributed by atoms with Crippen LogP contribution in [0.3, 0.4) is 0 Å². The number of nitrogens with zero attached hydrogens (tertiary/aromatic N) is 1. The lowest BCUT2D eigenvalue weighted by Crippen LogP contribution is -2.16. The molecule has 1 heterocycles. The molecule has 0 bridgehead atoms. The number of aromatic amines is 1. The first-order valence-corrected chi connectivity index (χ1v) is 6.13. The van der Waals surface area contributed by atoms with Crippen molar-refractivity contribution in [2.24, 2.45) is 5.73 Å². The summed E-state index contributed by atoms with van der Waals surface area (Å²) in [6.07, 6.45) is -8.19. The molecule has 0 atom stereocenters. The molecular formula is C13H9F6N3O. The summed E-state index contributed by atoms with van der Waals surface area (Å²) >= 11 is 0. The number of nitrogens with two attached hydrogens (primary N) is 1. The van der Waals surface area contributed by atoms with Gasteiger partial charge in [0.1, 0.15) is 17.3 Å². The standard InChI is InChI=1S/C13H9F6N3O/c14-10-5(4-20)1-2-6(13(17,18)19)9(10)12-21-7(11(15)16)3-8(23)22-12/h1-3,11H,4,20H2,(H,21,22,23). The first kappa shape index (κ1) is 17.0. The van der Waals surface area contributed by atoms with Gasteiger partial charge < -0.3 is 10.7 Å². The van der Waals surface area contributed by atoms with Gasteiger partial charge >= 0.3 is 6.18 Å². The normalized spacial score (nSPS) is 12.0. The predicted molar refractivity (Wildman–Crippen MR) is 68.1 cm³/mol. The van der Waals surface area contributed by atoms with Crippen LogP contribution in [0.25, 0.3) is 11.4 Å². The maximum Gasteiger partial charge on any atom is 0.417 e. The third kappa shape index (κ3) is 3.36. The predicted octanol–water partition coefficient (Wildman–Crippen LogP) is 2.99. The summed E-state index contributed by atoms with van der Waals surface area (Å²) in [6.45, 7) is -0.421. The molecule has 0 saturated heterocycles. The van der Waals surface area contributed by atoms with Gasteiger partial charge in [0, 0.05) is 18.2 Å². The van der Waals surface area contributed by atoms with E-state index in [9.17, 15) is 31.1 Å². The Hall–Kier alpha value is -2.36. The lowest BCUT2D eigenvalue weighted by Gasteiger charge is -2.15. The van der Waals surface area contributed by atoms with Gasteiger partial charge in [-0.15, -0.1) is 0 Å². The summed E-state index contributed by atoms with van der Waals surface area (Å²) in [6, 6.07) is 1.80. The maximum atomic E-state index is 14.3. The van der Waals surface area contributed by atoms with Gasteiger partial charge in [-0.3, -0.25) is 4.79 Å². The smallest absolute Gasteiger partial charge is 0.326 e. The zero-order chi connectivity index (χ0) is 17.4. The third-order valence-electron chi connectivity index (χ3n) is 2.97. The fourth-order valence-electron chi connectivity index (χ4n) is 1.95. The highest BCUT2D eigenvalue weighted by Gasteiger charge is 2.36. The molecule has 1 aromatic carbocycles. The van der Waals surface area contributed by atoms with Crippen LogP contribution in [0.5, 0.6) is 0 Å². The molecule has 1 aromatic heterocycles. The molecule has 10 heteroatoms. The van der Waals surface area contributed by atoms with Crippen molar-refractivity contribution in [3.05, 3.63) is 51.2 Å². The number of H-pyrrole nitrogens is 1. The van der Waals surface area contributed by atoms with Crippen LogP contribution in [0.15, 0.2) is 23.0 Å². The van der Waals surface area contributed by atoms with Crippen molar-refractivity contribution in [3.63, 3.8) is 0 Å². The molecule has 0 saturated carbocycles. The van der Waals surface area contributed by atoms with Crippen LogP contribution in [0.2, 0.25) is 0 Å². The van der Waals surface area contributed by atoms with E-state index >= 15 is 0 Å². The molecule has 0 amide bonds. The molecule has 0 unspecified atom stereocenters. The van der Waals surface area contributed by atoms with E-state index in [1.54, 1.807) is 0 Å². The molecule has 4 nitrogen and oxygen atoms in total. The van der Waals surface area contributed by atoms with E-state index in [1.165, 1.54) is 0 Å². The number of rotatable bonds is 3. The molecule has 23 heavy (non-hydrogen) atoms. The van der Waals surface area contributed by atoms with Crippen LogP contribution in [0.1, 0.15) is 23.2 Å². The monoisotopic (exact) mass is 337 g/mol. The molecule has 0 aliphatic carbocycles. The molecule has 0 aliphatic rings. The fraction of sp³-hybridized carbons (Fsp3) is 0.231. The van der Waals surface area contributed by atoms with Crippen LogP contribution in [0, 0.1) is 5.82 Å². The molecule has 124 valence electrons. The highest BCUT2D eigenvalue weighted by atomic mass is 19.4. The topological polar surface area (TPSA) is 71.8 Å². The zero-order valence-corrected chi connectivity index (χ0v) is 11.2. The van der Waals surface area contributed by atoms with E-state index in [0.717, 1.165) is 6.07 Å². The second-order valence-corrected chi connectivity index (χ2v) is 4.48. The quantitative estimate of drug-likeness (QED) is 0.846. The Morgan fingerprint density at radius 2 is 1.91 bits per heavy atom. The van der Waals surface area contributed by atoms with Gasteiger partial charge in [-0.05, 0) is 6.07 Å². The Labute approximate surface area is 125 Å². The number of nitrogens with one attached hydrogen (secondary N) is 1. The molecule has 0 fully saturated rings. The van der Waals surface area contributed by atoms with Crippen LogP contribution in [0.4, 0.5) is 26.3 Å². The Balaban J connectivity index is 2.83. The summed E-state index contributed by atoms with van der Waals surface area (Å²) in [4.78, 5) is 16.4. The average molecular weight is 337 g/mol. The molecule has 2 rings (SSSR count). The highest BCUT2D eigenvalue weighted by Crippen LogP contribution is 2.38. The SMILES string of the molecule is NCc1ccc(C(F)(F)F)c(-c2nc(C(F)F)cc(=O)[nH]2)c1F. The summed E-state index contributed by atoms with van der Waals surface area (Å²) in [5, 5.41) is 0. The van der Waals surface area contributed by atoms with E-state index in [4.69, 9.17) is 5.73 Å². The third-order valence-corrected chi connectivity index (χ3v) is 2.97. The first-order chi connectivity index (χ1) is 10.6. The largest absolute Gasteiger partial charge is 0.417 e. The lowest BCUT2D eigenvalue weighted by atomic mass is 10.0. The summed E-state index contributed by atoms with van der Waals surface area (Å²) < 4.78 is 78.8. The van der Waals surface area contributed by atoms with Gasteiger partial charge in [-0.25, -0.2) is 18.2 Å². The van der Waals surface area contributed by atoms with Crippen molar-refractivity contribution in [2.45, 2.75) is 19.1 Å². The number of hydrogen-bond acceptors (Lipinski definition) is 3. The van der Waals surface area contributed by atoms with E-state index in [-0.39, 0.29) is 5.56 Å². The fourth-order valence-corrected chi connectivity index (χ4v) is 1.95. The second-order valence-electron chi connectivity index (χ2n) is 4.48. The van der Waals surface area contributed by atoms with Crippen molar-refractivity contribution in [2.75, 3.05) is 0 Å². The van der Waals surface area contributed by atoms with Gasteiger partial charge in [0.25, 0.3) is 12.0 Å². The summed E-state index contributed by atoms with van der Waals surface area (Å²) in [5.41, 5.74) is 0.181. The van der Waals surface area contributed by atoms with Crippen molar-refractivity contribution in [1.82, 2.24) is 9.97 Å². The van der Waals surface area contributed by atoms with Crippen molar-refractivity contribution >= 4 is 0 Å². The Kier molecular flexibility index (Phi) is 4.46. The van der Waals surface area contributed by atoms with Crippen molar-refractivity contribution in [1.29, 1.82) is 0 Å². The molecule has 0 aliphatic heterocycles. The molecule has 0 spiro atoms. The van der Waals surface area contributed by atoms with Gasteiger partial charge in [0.05, 0.1) is 11.1 Å². The lowest BCUT2D eigenvalue weighted by molar-refractivity contribution is -0.137. The van der Waals surface area contributed by atoms with E-state index < -0.39 is 53.2 Å². The van der Waals surface area contributed by atoms with Crippen LogP contribution in [-0.2, 0) is 12.7 Å². The van der Waals surface area contributed by atoms with Gasteiger partial charge in [0.15, 0.2) is 0 Å². The Morgan fingerprint density at radius 3 is 2.43 bits per heavy atom. The Bertz CT molecular complexity index is 784. The first-order valence-electron chi connectivity index (χ1n) is 6.13. The van der Waals surface area contributed by atoms with E-state index in [2.05, 4.69) is 4.98 Å². The van der Waals surface area contributed by atoms with Crippen LogP contribution < -0.4 is 11.3 Å². The van der Waals surface area contributed by atoms with Gasteiger partial charge in [-0.1, -0.05) is 6.07 Å². The maximum absolute atomic E-state index is 14.3.